The maximum absolute atomic E-state index is 12.0. The second-order valence-corrected chi connectivity index (χ2v) is 5.79. The normalized spacial score (nSPS) is 17.9. The van der Waals surface area contributed by atoms with E-state index in [1.165, 1.54) is 4.31 Å². The van der Waals surface area contributed by atoms with Crippen molar-refractivity contribution in [1.29, 1.82) is 0 Å². The first-order chi connectivity index (χ1) is 8.08. The van der Waals surface area contributed by atoms with Gasteiger partial charge in [0.05, 0.1) is 0 Å². The molecule has 1 aromatic carbocycles. The molecule has 1 heterocycles. The number of nitrogens with zero attached hydrogens (tertiary/aromatic N) is 1. The molecule has 0 atom stereocenters. The van der Waals surface area contributed by atoms with E-state index < -0.39 is 10.2 Å². The molecule has 0 saturated carbocycles. The van der Waals surface area contributed by atoms with E-state index in [9.17, 15) is 8.42 Å². The average Bonchev–Trinajstić information content (AvgIpc) is 2.33. The molecule has 5 nitrogen and oxygen atoms in total. The zero-order valence-electron chi connectivity index (χ0n) is 9.81. The van der Waals surface area contributed by atoms with Crippen LogP contribution in [0.2, 0.25) is 0 Å². The van der Waals surface area contributed by atoms with Crippen LogP contribution in [0.25, 0.3) is 0 Å². The first-order valence-electron chi connectivity index (χ1n) is 5.63. The Bertz CT molecular complexity index is 464. The molecule has 2 rings (SSSR count). The summed E-state index contributed by atoms with van der Waals surface area (Å²) in [5, 5.41) is 3.12. The maximum atomic E-state index is 12.0. The summed E-state index contributed by atoms with van der Waals surface area (Å²) < 4.78 is 28.1. The van der Waals surface area contributed by atoms with Gasteiger partial charge >= 0.3 is 10.2 Å². The van der Waals surface area contributed by atoms with Crippen LogP contribution in [-0.4, -0.2) is 38.9 Å². The van der Waals surface area contributed by atoms with Crippen molar-refractivity contribution >= 4 is 15.9 Å². The Labute approximate surface area is 102 Å². The quantitative estimate of drug-likeness (QED) is 0.829. The van der Waals surface area contributed by atoms with Gasteiger partial charge in [0.15, 0.2) is 0 Å². The van der Waals surface area contributed by atoms with E-state index in [0.29, 0.717) is 31.9 Å². The Balaban J connectivity index is 2.08. The van der Waals surface area contributed by atoms with Crippen LogP contribution >= 0.6 is 0 Å². The lowest BCUT2D eigenvalue weighted by Gasteiger charge is -2.26. The Kier molecular flexibility index (Phi) is 3.66. The van der Waals surface area contributed by atoms with Crippen molar-refractivity contribution in [3.05, 3.63) is 29.8 Å². The Morgan fingerprint density at radius 3 is 2.35 bits per heavy atom. The lowest BCUT2D eigenvalue weighted by atomic mass is 10.2. The van der Waals surface area contributed by atoms with Gasteiger partial charge in [-0.25, -0.2) is 0 Å². The number of benzene rings is 1. The number of piperazine rings is 1. The van der Waals surface area contributed by atoms with Gasteiger partial charge in [-0.15, -0.1) is 0 Å². The lowest BCUT2D eigenvalue weighted by molar-refractivity contribution is 0.362. The predicted molar refractivity (Wildman–Crippen MR) is 68.2 cm³/mol. The average molecular weight is 255 g/mol. The standard InChI is InChI=1S/C11H17N3O2S/c1-10-2-4-11(5-3-10)13-17(15,16)14-8-6-12-7-9-14/h2-5,12-13H,6-9H2,1H3. The number of aryl methyl sites for hydroxylation is 1. The minimum absolute atomic E-state index is 0.515. The monoisotopic (exact) mass is 255 g/mol. The van der Waals surface area contributed by atoms with Crippen LogP contribution in [0.4, 0.5) is 5.69 Å². The van der Waals surface area contributed by atoms with E-state index in [1.54, 1.807) is 12.1 Å². The summed E-state index contributed by atoms with van der Waals surface area (Å²) in [6.45, 7) is 4.40. The highest BCUT2D eigenvalue weighted by molar-refractivity contribution is 7.90. The highest BCUT2D eigenvalue weighted by Gasteiger charge is 2.23. The molecule has 0 bridgehead atoms. The number of hydrogen-bond donors (Lipinski definition) is 2. The fraction of sp³-hybridized carbons (Fsp3) is 0.455. The molecule has 1 aliphatic rings. The first kappa shape index (κ1) is 12.3. The lowest BCUT2D eigenvalue weighted by Crippen LogP contribution is -2.48. The Morgan fingerprint density at radius 2 is 1.76 bits per heavy atom. The van der Waals surface area contributed by atoms with Crippen molar-refractivity contribution in [2.45, 2.75) is 6.92 Å². The van der Waals surface area contributed by atoms with Crippen molar-refractivity contribution in [1.82, 2.24) is 9.62 Å². The minimum Gasteiger partial charge on any atom is -0.314 e. The highest BCUT2D eigenvalue weighted by Crippen LogP contribution is 2.13. The van der Waals surface area contributed by atoms with Crippen LogP contribution in [0, 0.1) is 6.92 Å². The zero-order valence-corrected chi connectivity index (χ0v) is 10.6. The minimum atomic E-state index is -3.41. The molecular formula is C11H17N3O2S. The van der Waals surface area contributed by atoms with Crippen LogP contribution < -0.4 is 10.0 Å². The van der Waals surface area contributed by atoms with Crippen LogP contribution in [-0.2, 0) is 10.2 Å². The molecule has 94 valence electrons. The van der Waals surface area contributed by atoms with Gasteiger partial charge in [0, 0.05) is 31.9 Å². The summed E-state index contributed by atoms with van der Waals surface area (Å²) in [5.74, 6) is 0. The molecule has 2 N–H and O–H groups in total. The van der Waals surface area contributed by atoms with Gasteiger partial charge in [-0.1, -0.05) is 17.7 Å². The molecule has 0 spiro atoms. The van der Waals surface area contributed by atoms with Gasteiger partial charge in [0.25, 0.3) is 0 Å². The van der Waals surface area contributed by atoms with Crippen LogP contribution in [0.5, 0.6) is 0 Å². The summed E-state index contributed by atoms with van der Waals surface area (Å²) in [5.41, 5.74) is 1.71. The fourth-order valence-electron chi connectivity index (χ4n) is 1.72. The molecule has 1 aromatic rings. The molecule has 1 saturated heterocycles. The third kappa shape index (κ3) is 3.18. The molecule has 1 aliphatic heterocycles. The number of anilines is 1. The third-order valence-corrected chi connectivity index (χ3v) is 4.25. The summed E-state index contributed by atoms with van der Waals surface area (Å²) in [7, 11) is -3.41. The van der Waals surface area contributed by atoms with Gasteiger partial charge in [-0.05, 0) is 19.1 Å². The molecule has 1 fully saturated rings. The summed E-state index contributed by atoms with van der Waals surface area (Å²) in [6, 6.07) is 7.31. The van der Waals surface area contributed by atoms with Crippen molar-refractivity contribution < 1.29 is 8.42 Å². The van der Waals surface area contributed by atoms with E-state index in [1.807, 2.05) is 19.1 Å². The maximum Gasteiger partial charge on any atom is 0.301 e. The molecular weight excluding hydrogens is 238 g/mol. The molecule has 0 aromatic heterocycles. The molecule has 0 aliphatic carbocycles. The SMILES string of the molecule is Cc1ccc(NS(=O)(=O)N2CCNCC2)cc1. The van der Waals surface area contributed by atoms with Gasteiger partial charge in [-0.2, -0.15) is 12.7 Å². The third-order valence-electron chi connectivity index (χ3n) is 2.71. The number of nitrogens with one attached hydrogen (secondary N) is 2. The van der Waals surface area contributed by atoms with Gasteiger partial charge in [0.2, 0.25) is 0 Å². The Morgan fingerprint density at radius 1 is 1.18 bits per heavy atom. The molecule has 0 radical (unpaired) electrons. The van der Waals surface area contributed by atoms with E-state index >= 15 is 0 Å². The number of rotatable bonds is 3. The van der Waals surface area contributed by atoms with Crippen molar-refractivity contribution in [3.63, 3.8) is 0 Å². The number of hydrogen-bond acceptors (Lipinski definition) is 3. The van der Waals surface area contributed by atoms with Gasteiger partial charge in [-0.3, -0.25) is 4.72 Å². The zero-order chi connectivity index (χ0) is 12.3. The Hall–Kier alpha value is -1.11. The van der Waals surface area contributed by atoms with E-state index in [4.69, 9.17) is 0 Å². The molecule has 6 heteroatoms. The summed E-state index contributed by atoms with van der Waals surface area (Å²) >= 11 is 0. The summed E-state index contributed by atoms with van der Waals surface area (Å²) in [6.07, 6.45) is 0. The smallest absolute Gasteiger partial charge is 0.301 e. The van der Waals surface area contributed by atoms with Crippen LogP contribution in [0.15, 0.2) is 24.3 Å². The molecule has 0 amide bonds. The van der Waals surface area contributed by atoms with Crippen molar-refractivity contribution in [3.8, 4) is 0 Å². The highest BCUT2D eigenvalue weighted by atomic mass is 32.2. The second kappa shape index (κ2) is 5.03. The van der Waals surface area contributed by atoms with Crippen molar-refractivity contribution in [2.75, 3.05) is 30.9 Å². The van der Waals surface area contributed by atoms with E-state index in [2.05, 4.69) is 10.0 Å². The van der Waals surface area contributed by atoms with Crippen LogP contribution in [0.1, 0.15) is 5.56 Å². The largest absolute Gasteiger partial charge is 0.314 e. The van der Waals surface area contributed by atoms with E-state index in [0.717, 1.165) is 5.56 Å². The van der Waals surface area contributed by atoms with Crippen LogP contribution in [0.3, 0.4) is 0 Å². The van der Waals surface area contributed by atoms with E-state index in [-0.39, 0.29) is 0 Å². The van der Waals surface area contributed by atoms with Crippen molar-refractivity contribution in [2.24, 2.45) is 0 Å². The van der Waals surface area contributed by atoms with Gasteiger partial charge in [0.1, 0.15) is 0 Å². The topological polar surface area (TPSA) is 61.4 Å². The summed E-state index contributed by atoms with van der Waals surface area (Å²) in [4.78, 5) is 0. The van der Waals surface area contributed by atoms with Gasteiger partial charge < -0.3 is 5.32 Å². The molecule has 0 unspecified atom stereocenters. The first-order valence-corrected chi connectivity index (χ1v) is 7.07. The fourth-order valence-corrected chi connectivity index (χ4v) is 2.95. The molecule has 17 heavy (non-hydrogen) atoms. The second-order valence-electron chi connectivity index (χ2n) is 4.12. The predicted octanol–water partition coefficient (Wildman–Crippen LogP) is 0.557.